The molecule has 2 aromatic rings. The summed E-state index contributed by atoms with van der Waals surface area (Å²) in [5.74, 6) is -1.55. The van der Waals surface area contributed by atoms with Crippen LogP contribution in [-0.4, -0.2) is 65.1 Å². The fourth-order valence-electron chi connectivity index (χ4n) is 3.64. The summed E-state index contributed by atoms with van der Waals surface area (Å²) < 4.78 is 11.2. The second-order valence-corrected chi connectivity index (χ2v) is 12.5. The molecule has 0 radical (unpaired) electrons. The lowest BCUT2D eigenvalue weighted by Gasteiger charge is -2.23. The molecule has 1 atom stereocenters. The highest BCUT2D eigenvalue weighted by atomic mass is 79.9. The fraction of sp³-hybridized carbons (Fsp3) is 0.467. The SMILES string of the molecule is CC(C)(C)OC(=O)NCCCC[C@H](NC(=O)OC(C)(C)C)C(=O)NCC(=O)Nc1ccccc1C(=O)c1cc(Br)ccn1. The van der Waals surface area contributed by atoms with Gasteiger partial charge in [0.05, 0.1) is 12.2 Å². The van der Waals surface area contributed by atoms with E-state index in [1.807, 2.05) is 0 Å². The Bertz CT molecular complexity index is 1300. The lowest BCUT2D eigenvalue weighted by Crippen LogP contribution is -2.49. The molecule has 0 saturated heterocycles. The van der Waals surface area contributed by atoms with Gasteiger partial charge in [0.15, 0.2) is 0 Å². The lowest BCUT2D eigenvalue weighted by atomic mass is 10.1. The summed E-state index contributed by atoms with van der Waals surface area (Å²) in [6.07, 6.45) is 1.37. The molecule has 43 heavy (non-hydrogen) atoms. The van der Waals surface area contributed by atoms with Crippen molar-refractivity contribution < 1.29 is 33.4 Å². The van der Waals surface area contributed by atoms with Crippen molar-refractivity contribution in [2.24, 2.45) is 0 Å². The van der Waals surface area contributed by atoms with Gasteiger partial charge in [-0.1, -0.05) is 28.1 Å². The van der Waals surface area contributed by atoms with Crippen molar-refractivity contribution in [1.29, 1.82) is 0 Å². The zero-order valence-corrected chi connectivity index (χ0v) is 26.9. The van der Waals surface area contributed by atoms with E-state index in [2.05, 4.69) is 42.2 Å². The van der Waals surface area contributed by atoms with E-state index in [1.165, 1.54) is 6.20 Å². The number of nitrogens with zero attached hydrogens (tertiary/aromatic N) is 1. The predicted octanol–water partition coefficient (Wildman–Crippen LogP) is 4.72. The van der Waals surface area contributed by atoms with Crippen molar-refractivity contribution in [2.75, 3.05) is 18.4 Å². The monoisotopic (exact) mass is 661 g/mol. The van der Waals surface area contributed by atoms with E-state index in [0.29, 0.717) is 23.9 Å². The van der Waals surface area contributed by atoms with Crippen molar-refractivity contribution in [1.82, 2.24) is 20.9 Å². The molecule has 0 saturated carbocycles. The number of alkyl carbamates (subject to hydrolysis) is 2. The molecule has 0 unspecified atom stereocenters. The number of carbonyl (C=O) groups excluding carboxylic acids is 5. The number of anilines is 1. The molecule has 0 bridgehead atoms. The molecule has 0 aliphatic rings. The number of hydrogen-bond donors (Lipinski definition) is 4. The molecule has 234 valence electrons. The summed E-state index contributed by atoms with van der Waals surface area (Å²) in [4.78, 5) is 67.1. The summed E-state index contributed by atoms with van der Waals surface area (Å²) in [5.41, 5.74) is -0.711. The van der Waals surface area contributed by atoms with Gasteiger partial charge in [-0.15, -0.1) is 0 Å². The van der Waals surface area contributed by atoms with Crippen LogP contribution in [0.5, 0.6) is 0 Å². The zero-order chi connectivity index (χ0) is 32.2. The van der Waals surface area contributed by atoms with Gasteiger partial charge in [0.25, 0.3) is 0 Å². The van der Waals surface area contributed by atoms with Gasteiger partial charge in [0.1, 0.15) is 22.9 Å². The number of hydrogen-bond acceptors (Lipinski definition) is 8. The van der Waals surface area contributed by atoms with Crippen LogP contribution in [0.2, 0.25) is 0 Å². The highest BCUT2D eigenvalue weighted by Crippen LogP contribution is 2.20. The quantitative estimate of drug-likeness (QED) is 0.187. The average Bonchev–Trinajstić information content (AvgIpc) is 2.88. The van der Waals surface area contributed by atoms with Gasteiger partial charge in [0, 0.05) is 22.8 Å². The number of halogens is 1. The van der Waals surface area contributed by atoms with E-state index in [1.54, 1.807) is 77.9 Å². The highest BCUT2D eigenvalue weighted by Gasteiger charge is 2.25. The zero-order valence-electron chi connectivity index (χ0n) is 25.3. The Morgan fingerprint density at radius 2 is 1.53 bits per heavy atom. The number of carbonyl (C=O) groups is 5. The normalized spacial score (nSPS) is 12.0. The van der Waals surface area contributed by atoms with E-state index in [4.69, 9.17) is 9.47 Å². The van der Waals surface area contributed by atoms with Crippen LogP contribution in [0.25, 0.3) is 0 Å². The molecule has 2 rings (SSSR count). The average molecular weight is 663 g/mol. The maximum Gasteiger partial charge on any atom is 0.408 e. The Morgan fingerprint density at radius 1 is 0.884 bits per heavy atom. The van der Waals surface area contributed by atoms with E-state index in [0.717, 1.165) is 0 Å². The first-order valence-electron chi connectivity index (χ1n) is 13.8. The Hall–Kier alpha value is -4.00. The van der Waals surface area contributed by atoms with Gasteiger partial charge in [-0.3, -0.25) is 19.4 Å². The number of aromatic nitrogens is 1. The lowest BCUT2D eigenvalue weighted by molar-refractivity contribution is -0.125. The molecule has 13 heteroatoms. The molecule has 0 spiro atoms. The van der Waals surface area contributed by atoms with Crippen molar-refractivity contribution in [3.8, 4) is 0 Å². The summed E-state index contributed by atoms with van der Waals surface area (Å²) >= 11 is 3.32. The molecule has 0 aliphatic heterocycles. The molecule has 1 heterocycles. The predicted molar refractivity (Wildman–Crippen MR) is 165 cm³/mol. The number of amides is 4. The third-order valence-electron chi connectivity index (χ3n) is 5.42. The highest BCUT2D eigenvalue weighted by molar-refractivity contribution is 9.10. The maximum absolute atomic E-state index is 13.0. The number of para-hydroxylation sites is 1. The van der Waals surface area contributed by atoms with Gasteiger partial charge in [-0.05, 0) is 85.1 Å². The molecule has 1 aromatic heterocycles. The number of ether oxygens (including phenoxy) is 2. The van der Waals surface area contributed by atoms with Gasteiger partial charge in [-0.2, -0.15) is 0 Å². The number of ketones is 1. The number of unbranched alkanes of at least 4 members (excludes halogenated alkanes) is 1. The van der Waals surface area contributed by atoms with E-state index in [9.17, 15) is 24.0 Å². The van der Waals surface area contributed by atoms with E-state index >= 15 is 0 Å². The second kappa shape index (κ2) is 16.0. The smallest absolute Gasteiger partial charge is 0.408 e. The third-order valence-corrected chi connectivity index (χ3v) is 5.91. The van der Waals surface area contributed by atoms with E-state index in [-0.39, 0.29) is 29.1 Å². The Kier molecular flexibility index (Phi) is 13.1. The molecule has 4 N–H and O–H groups in total. The van der Waals surface area contributed by atoms with Crippen LogP contribution in [0, 0.1) is 0 Å². The Balaban J connectivity index is 1.98. The van der Waals surface area contributed by atoms with Crippen LogP contribution >= 0.6 is 15.9 Å². The Morgan fingerprint density at radius 3 is 2.19 bits per heavy atom. The third kappa shape index (κ3) is 13.7. The molecular weight excluding hydrogens is 622 g/mol. The van der Waals surface area contributed by atoms with Crippen LogP contribution in [0.3, 0.4) is 0 Å². The number of rotatable bonds is 12. The minimum Gasteiger partial charge on any atom is -0.444 e. The van der Waals surface area contributed by atoms with Crippen LogP contribution in [-0.2, 0) is 19.1 Å². The first kappa shape index (κ1) is 35.2. The molecule has 4 amide bonds. The van der Waals surface area contributed by atoms with Crippen molar-refractivity contribution in [3.05, 3.63) is 58.3 Å². The van der Waals surface area contributed by atoms with Gasteiger partial charge in [0.2, 0.25) is 17.6 Å². The largest absolute Gasteiger partial charge is 0.444 e. The van der Waals surface area contributed by atoms with Gasteiger partial charge >= 0.3 is 12.2 Å². The summed E-state index contributed by atoms with van der Waals surface area (Å²) in [6, 6.07) is 8.74. The number of pyridine rings is 1. The minimum atomic E-state index is -0.999. The summed E-state index contributed by atoms with van der Waals surface area (Å²) in [6.45, 7) is 10.3. The van der Waals surface area contributed by atoms with Crippen LogP contribution in [0.1, 0.15) is 76.9 Å². The summed E-state index contributed by atoms with van der Waals surface area (Å²) in [7, 11) is 0. The van der Waals surface area contributed by atoms with Crippen molar-refractivity contribution in [2.45, 2.75) is 78.0 Å². The minimum absolute atomic E-state index is 0.196. The molecule has 0 fully saturated rings. The fourth-order valence-corrected chi connectivity index (χ4v) is 3.97. The van der Waals surface area contributed by atoms with E-state index < -0.39 is 47.8 Å². The molecule has 1 aromatic carbocycles. The summed E-state index contributed by atoms with van der Waals surface area (Å²) in [5, 5.41) is 10.4. The van der Waals surface area contributed by atoms with Gasteiger partial charge < -0.3 is 30.7 Å². The number of benzene rings is 1. The van der Waals surface area contributed by atoms with Crippen LogP contribution in [0.15, 0.2) is 47.1 Å². The standard InChI is InChI=1S/C30H40BrN5O7/c1-29(2,3)42-27(40)33-15-10-9-13-22(36-28(41)43-30(4,5)6)26(39)34-18-24(37)35-21-12-8-7-11-20(21)25(38)23-17-19(31)14-16-32-23/h7-8,11-12,14,16-17,22H,9-10,13,15,18H2,1-6H3,(H,33,40)(H,34,39)(H,35,37)(H,36,41)/t22-/m0/s1. The van der Waals surface area contributed by atoms with Gasteiger partial charge in [-0.25, -0.2) is 9.59 Å². The second-order valence-electron chi connectivity index (χ2n) is 11.6. The Labute approximate surface area is 260 Å². The topological polar surface area (TPSA) is 165 Å². The maximum atomic E-state index is 13.0. The molecule has 0 aliphatic carbocycles. The molecule has 12 nitrogen and oxygen atoms in total. The molecular formula is C30H40BrN5O7. The number of nitrogens with one attached hydrogen (secondary N) is 4. The first-order chi connectivity index (χ1) is 20.0. The van der Waals surface area contributed by atoms with Crippen molar-refractivity contribution in [3.63, 3.8) is 0 Å². The van der Waals surface area contributed by atoms with Crippen molar-refractivity contribution >= 4 is 51.4 Å². The van der Waals surface area contributed by atoms with Crippen LogP contribution in [0.4, 0.5) is 15.3 Å². The van der Waals surface area contributed by atoms with Crippen LogP contribution < -0.4 is 21.3 Å². The first-order valence-corrected chi connectivity index (χ1v) is 14.6.